The Labute approximate surface area is 113 Å². The van der Waals surface area contributed by atoms with Gasteiger partial charge in [-0.25, -0.2) is 9.48 Å². The van der Waals surface area contributed by atoms with Crippen LogP contribution in [0.4, 0.5) is 0 Å². The van der Waals surface area contributed by atoms with Crippen LogP contribution < -0.4 is 4.74 Å². The number of aromatic carboxylic acids is 1. The minimum absolute atomic E-state index is 0.141. The van der Waals surface area contributed by atoms with E-state index in [-0.39, 0.29) is 11.4 Å². The molecule has 0 radical (unpaired) electrons. The van der Waals surface area contributed by atoms with Gasteiger partial charge in [0, 0.05) is 5.56 Å². The van der Waals surface area contributed by atoms with E-state index >= 15 is 0 Å². The van der Waals surface area contributed by atoms with Gasteiger partial charge in [0.2, 0.25) is 0 Å². The maximum Gasteiger partial charge on any atom is 0.358 e. The highest BCUT2D eigenvalue weighted by Gasteiger charge is 2.21. The van der Waals surface area contributed by atoms with Crippen LogP contribution in [0.25, 0.3) is 11.3 Å². The highest BCUT2D eigenvalue weighted by molar-refractivity contribution is 5.92. The Morgan fingerprint density at radius 2 is 1.90 bits per heavy atom. The highest BCUT2D eigenvalue weighted by Crippen LogP contribution is 2.24. The Morgan fingerprint density at radius 1 is 1.25 bits per heavy atom. The number of benzene rings is 1. The summed E-state index contributed by atoms with van der Waals surface area (Å²) in [5.41, 5.74) is 0.341. The molecule has 0 aliphatic heterocycles. The Hall–Kier alpha value is -2.90. The average Bonchev–Trinajstić information content (AvgIpc) is 2.82. The number of carbonyl (C=O) groups is 2. The normalized spacial score (nSPS) is 10.2. The summed E-state index contributed by atoms with van der Waals surface area (Å²) < 4.78 is 6.05. The summed E-state index contributed by atoms with van der Waals surface area (Å²) in [4.78, 5) is 21.9. The van der Waals surface area contributed by atoms with Crippen LogP contribution in [0.2, 0.25) is 0 Å². The number of hydrogen-bond donors (Lipinski definition) is 2. The molecule has 0 aliphatic carbocycles. The number of rotatable bonds is 5. The molecule has 0 spiro atoms. The molecule has 8 nitrogen and oxygen atoms in total. The van der Waals surface area contributed by atoms with Gasteiger partial charge < -0.3 is 14.9 Å². The Morgan fingerprint density at radius 3 is 2.40 bits per heavy atom. The number of hydrogen-bond acceptors (Lipinski definition) is 5. The Balaban J connectivity index is 2.53. The van der Waals surface area contributed by atoms with E-state index in [1.807, 2.05) is 0 Å². The molecule has 2 rings (SSSR count). The average molecular weight is 277 g/mol. The first-order valence-corrected chi connectivity index (χ1v) is 5.56. The molecule has 0 unspecified atom stereocenters. The third-order valence-electron chi connectivity index (χ3n) is 2.59. The number of ether oxygens (including phenoxy) is 1. The Bertz CT molecular complexity index is 648. The third-order valence-corrected chi connectivity index (χ3v) is 2.59. The van der Waals surface area contributed by atoms with Gasteiger partial charge in [0.1, 0.15) is 18.0 Å². The fourth-order valence-electron chi connectivity index (χ4n) is 1.73. The highest BCUT2D eigenvalue weighted by atomic mass is 16.5. The van der Waals surface area contributed by atoms with E-state index < -0.39 is 18.5 Å². The van der Waals surface area contributed by atoms with Crippen molar-refractivity contribution >= 4 is 11.9 Å². The molecule has 104 valence electrons. The number of carboxylic acids is 2. The van der Waals surface area contributed by atoms with Crippen molar-refractivity contribution in [3.63, 3.8) is 0 Å². The van der Waals surface area contributed by atoms with Crippen molar-refractivity contribution in [1.82, 2.24) is 15.0 Å². The van der Waals surface area contributed by atoms with Gasteiger partial charge in [0.15, 0.2) is 5.69 Å². The van der Waals surface area contributed by atoms with Crippen LogP contribution in [0.15, 0.2) is 24.3 Å². The monoisotopic (exact) mass is 277 g/mol. The fraction of sp³-hybridized carbons (Fsp3) is 0.167. The first-order valence-electron chi connectivity index (χ1n) is 5.56. The predicted octanol–water partition coefficient (Wildman–Crippen LogP) is 0.736. The third kappa shape index (κ3) is 2.58. The molecule has 0 fully saturated rings. The van der Waals surface area contributed by atoms with Crippen LogP contribution in [0, 0.1) is 0 Å². The van der Waals surface area contributed by atoms with Crippen LogP contribution in [0.3, 0.4) is 0 Å². The smallest absolute Gasteiger partial charge is 0.358 e. The quantitative estimate of drug-likeness (QED) is 0.828. The van der Waals surface area contributed by atoms with E-state index in [4.69, 9.17) is 14.9 Å². The van der Waals surface area contributed by atoms with Crippen molar-refractivity contribution in [3.8, 4) is 17.0 Å². The maximum absolute atomic E-state index is 11.1. The van der Waals surface area contributed by atoms with E-state index in [1.165, 1.54) is 7.11 Å². The Kier molecular flexibility index (Phi) is 3.65. The molecule has 2 aromatic rings. The molecule has 20 heavy (non-hydrogen) atoms. The molecular weight excluding hydrogens is 266 g/mol. The number of methoxy groups -OCH3 is 1. The van der Waals surface area contributed by atoms with Gasteiger partial charge in [-0.1, -0.05) is 5.21 Å². The SMILES string of the molecule is COc1ccc(-c2c(C(=O)O)nnn2CC(=O)O)cc1. The van der Waals surface area contributed by atoms with Gasteiger partial charge in [-0.3, -0.25) is 4.79 Å². The van der Waals surface area contributed by atoms with Crippen molar-refractivity contribution in [2.45, 2.75) is 6.54 Å². The van der Waals surface area contributed by atoms with E-state index in [1.54, 1.807) is 24.3 Å². The molecular formula is C12H11N3O5. The largest absolute Gasteiger partial charge is 0.497 e. The second-order valence-electron chi connectivity index (χ2n) is 3.87. The zero-order valence-electron chi connectivity index (χ0n) is 10.5. The van der Waals surface area contributed by atoms with Crippen molar-refractivity contribution in [2.75, 3.05) is 7.11 Å². The molecule has 0 atom stereocenters. The summed E-state index contributed by atoms with van der Waals surface area (Å²) in [6, 6.07) is 6.50. The van der Waals surface area contributed by atoms with E-state index in [0.717, 1.165) is 4.68 Å². The van der Waals surface area contributed by atoms with Crippen LogP contribution in [-0.4, -0.2) is 44.3 Å². The molecule has 0 aliphatic rings. The van der Waals surface area contributed by atoms with Gasteiger partial charge in [0.05, 0.1) is 7.11 Å². The topological polar surface area (TPSA) is 115 Å². The van der Waals surface area contributed by atoms with Gasteiger partial charge in [-0.05, 0) is 24.3 Å². The van der Waals surface area contributed by atoms with Crippen molar-refractivity contribution in [2.24, 2.45) is 0 Å². The molecule has 1 heterocycles. The summed E-state index contributed by atoms with van der Waals surface area (Å²) in [5.74, 6) is -1.81. The molecule has 0 saturated heterocycles. The molecule has 8 heteroatoms. The molecule has 1 aromatic carbocycles. The van der Waals surface area contributed by atoms with Crippen molar-refractivity contribution in [3.05, 3.63) is 30.0 Å². The summed E-state index contributed by atoms with van der Waals surface area (Å²) in [6.45, 7) is -0.471. The number of aliphatic carboxylic acids is 1. The van der Waals surface area contributed by atoms with Crippen LogP contribution in [-0.2, 0) is 11.3 Å². The summed E-state index contributed by atoms with van der Waals surface area (Å²) in [7, 11) is 1.51. The fourth-order valence-corrected chi connectivity index (χ4v) is 1.73. The van der Waals surface area contributed by atoms with Crippen LogP contribution in [0.1, 0.15) is 10.5 Å². The second kappa shape index (κ2) is 5.39. The van der Waals surface area contributed by atoms with E-state index in [2.05, 4.69) is 10.3 Å². The molecule has 0 amide bonds. The van der Waals surface area contributed by atoms with Crippen molar-refractivity contribution < 1.29 is 24.5 Å². The number of aromatic nitrogens is 3. The molecule has 2 N–H and O–H groups in total. The lowest BCUT2D eigenvalue weighted by Gasteiger charge is -2.06. The summed E-state index contributed by atoms with van der Waals surface area (Å²) in [6.07, 6.45) is 0. The minimum Gasteiger partial charge on any atom is -0.497 e. The minimum atomic E-state index is -1.27. The van der Waals surface area contributed by atoms with Gasteiger partial charge in [0.25, 0.3) is 0 Å². The lowest BCUT2D eigenvalue weighted by molar-refractivity contribution is -0.137. The zero-order chi connectivity index (χ0) is 14.7. The van der Waals surface area contributed by atoms with E-state index in [0.29, 0.717) is 11.3 Å². The van der Waals surface area contributed by atoms with Gasteiger partial charge in [-0.2, -0.15) is 0 Å². The second-order valence-corrected chi connectivity index (χ2v) is 3.87. The summed E-state index contributed by atoms with van der Waals surface area (Å²) >= 11 is 0. The lowest BCUT2D eigenvalue weighted by Crippen LogP contribution is -2.12. The van der Waals surface area contributed by atoms with Gasteiger partial charge in [-0.15, -0.1) is 5.10 Å². The maximum atomic E-state index is 11.1. The first kappa shape index (κ1) is 13.5. The molecule has 0 bridgehead atoms. The molecule has 0 saturated carbocycles. The summed E-state index contributed by atoms with van der Waals surface area (Å²) in [5, 5.41) is 25.0. The molecule has 1 aromatic heterocycles. The van der Waals surface area contributed by atoms with Crippen LogP contribution >= 0.6 is 0 Å². The number of nitrogens with zero attached hydrogens (tertiary/aromatic N) is 3. The van der Waals surface area contributed by atoms with Crippen molar-refractivity contribution in [1.29, 1.82) is 0 Å². The standard InChI is InChI=1S/C12H11N3O5/c1-20-8-4-2-7(3-5-8)11-10(12(18)19)13-14-15(11)6-9(16)17/h2-5H,6H2,1H3,(H,16,17)(H,18,19). The van der Waals surface area contributed by atoms with Gasteiger partial charge >= 0.3 is 11.9 Å². The zero-order valence-corrected chi connectivity index (χ0v) is 10.5. The van der Waals surface area contributed by atoms with E-state index in [9.17, 15) is 9.59 Å². The lowest BCUT2D eigenvalue weighted by atomic mass is 10.1. The van der Waals surface area contributed by atoms with Crippen LogP contribution in [0.5, 0.6) is 5.75 Å². The number of carboxylic acid groups (broad SMARTS) is 2. The predicted molar refractivity (Wildman–Crippen MR) is 66.6 cm³/mol. The first-order chi connectivity index (χ1) is 9.52.